The van der Waals surface area contributed by atoms with Crippen molar-refractivity contribution in [2.75, 3.05) is 39.3 Å². The Hall–Kier alpha value is -0.120. The van der Waals surface area contributed by atoms with Gasteiger partial charge in [-0.25, -0.2) is 0 Å². The minimum absolute atomic E-state index is 0.322. The molecule has 0 aliphatic carbocycles. The van der Waals surface area contributed by atoms with E-state index in [1.165, 1.54) is 45.6 Å². The summed E-state index contributed by atoms with van der Waals surface area (Å²) in [5, 5.41) is 0. The normalized spacial score (nSPS) is 21.7. The van der Waals surface area contributed by atoms with Gasteiger partial charge < -0.3 is 10.6 Å². The summed E-state index contributed by atoms with van der Waals surface area (Å²) in [5.74, 6) is 0.696. The topological polar surface area (TPSA) is 32.5 Å². The highest BCUT2D eigenvalue weighted by Gasteiger charge is 2.26. The zero-order valence-electron chi connectivity index (χ0n) is 12.2. The summed E-state index contributed by atoms with van der Waals surface area (Å²) in [4.78, 5) is 5.18. The van der Waals surface area contributed by atoms with Crippen LogP contribution in [0.25, 0.3) is 0 Å². The highest BCUT2D eigenvalue weighted by Crippen LogP contribution is 2.17. The molecule has 3 heteroatoms. The van der Waals surface area contributed by atoms with Crippen LogP contribution in [-0.4, -0.2) is 54.6 Å². The molecule has 1 aliphatic heterocycles. The molecule has 102 valence electrons. The van der Waals surface area contributed by atoms with E-state index in [9.17, 15) is 0 Å². The Morgan fingerprint density at radius 2 is 1.71 bits per heavy atom. The fourth-order valence-electron chi connectivity index (χ4n) is 2.66. The van der Waals surface area contributed by atoms with Gasteiger partial charge in [-0.05, 0) is 39.7 Å². The zero-order valence-corrected chi connectivity index (χ0v) is 12.2. The molecule has 0 bridgehead atoms. The molecule has 17 heavy (non-hydrogen) atoms. The van der Waals surface area contributed by atoms with Gasteiger partial charge in [-0.1, -0.05) is 13.3 Å². The number of hydrogen-bond acceptors (Lipinski definition) is 3. The quantitative estimate of drug-likeness (QED) is 0.796. The zero-order chi connectivity index (χ0) is 12.9. The van der Waals surface area contributed by atoms with E-state index < -0.39 is 0 Å². The molecule has 1 unspecified atom stereocenters. The first-order chi connectivity index (χ1) is 7.97. The highest BCUT2D eigenvalue weighted by molar-refractivity contribution is 4.82. The van der Waals surface area contributed by atoms with Crippen molar-refractivity contribution in [3.63, 3.8) is 0 Å². The predicted molar refractivity (Wildman–Crippen MR) is 75.2 cm³/mol. The molecule has 0 spiro atoms. The molecule has 1 aliphatic rings. The standard InChI is InChI=1S/C14H31N3/c1-5-6-13(11-15)12-16-7-9-17(10-8-16)14(2,3)4/h13H,5-12,15H2,1-4H3. The predicted octanol–water partition coefficient (Wildman–Crippen LogP) is 1.78. The molecule has 0 radical (unpaired) electrons. The van der Waals surface area contributed by atoms with E-state index in [-0.39, 0.29) is 0 Å². The molecular formula is C14H31N3. The minimum Gasteiger partial charge on any atom is -0.330 e. The molecule has 2 N–H and O–H groups in total. The lowest BCUT2D eigenvalue weighted by molar-refractivity contribution is 0.0551. The maximum atomic E-state index is 5.84. The maximum absolute atomic E-state index is 5.84. The molecule has 1 rings (SSSR count). The van der Waals surface area contributed by atoms with Gasteiger partial charge in [0.15, 0.2) is 0 Å². The Kier molecular flexibility index (Phi) is 5.90. The highest BCUT2D eigenvalue weighted by atomic mass is 15.3. The van der Waals surface area contributed by atoms with E-state index in [4.69, 9.17) is 5.73 Å². The summed E-state index contributed by atoms with van der Waals surface area (Å²) in [6.45, 7) is 16.0. The van der Waals surface area contributed by atoms with Crippen molar-refractivity contribution in [3.05, 3.63) is 0 Å². The van der Waals surface area contributed by atoms with Gasteiger partial charge in [-0.15, -0.1) is 0 Å². The molecule has 0 aromatic heterocycles. The molecule has 1 saturated heterocycles. The first-order valence-corrected chi connectivity index (χ1v) is 7.14. The first kappa shape index (κ1) is 14.9. The van der Waals surface area contributed by atoms with E-state index >= 15 is 0 Å². The van der Waals surface area contributed by atoms with E-state index in [2.05, 4.69) is 37.5 Å². The summed E-state index contributed by atoms with van der Waals surface area (Å²) >= 11 is 0. The lowest BCUT2D eigenvalue weighted by Gasteiger charge is -2.43. The third-order valence-electron chi connectivity index (χ3n) is 3.87. The minimum atomic E-state index is 0.322. The van der Waals surface area contributed by atoms with Crippen LogP contribution in [0.5, 0.6) is 0 Å². The SMILES string of the molecule is CCCC(CN)CN1CCN(C(C)(C)C)CC1. The van der Waals surface area contributed by atoms with E-state index in [1.54, 1.807) is 0 Å². The van der Waals surface area contributed by atoms with Gasteiger partial charge in [0.05, 0.1) is 0 Å². The van der Waals surface area contributed by atoms with Gasteiger partial charge in [0.2, 0.25) is 0 Å². The molecule has 0 saturated carbocycles. The van der Waals surface area contributed by atoms with Crippen molar-refractivity contribution in [1.82, 2.24) is 9.80 Å². The second-order valence-electron chi connectivity index (χ2n) is 6.35. The molecule has 1 atom stereocenters. The van der Waals surface area contributed by atoms with Crippen LogP contribution in [0.1, 0.15) is 40.5 Å². The monoisotopic (exact) mass is 241 g/mol. The maximum Gasteiger partial charge on any atom is 0.0126 e. The van der Waals surface area contributed by atoms with Crippen LogP contribution in [-0.2, 0) is 0 Å². The van der Waals surface area contributed by atoms with Gasteiger partial charge in [0.25, 0.3) is 0 Å². The van der Waals surface area contributed by atoms with E-state index in [1.807, 2.05) is 0 Å². The second kappa shape index (κ2) is 6.72. The Labute approximate surface area is 107 Å². The van der Waals surface area contributed by atoms with Crippen molar-refractivity contribution in [2.24, 2.45) is 11.7 Å². The summed E-state index contributed by atoms with van der Waals surface area (Å²) in [6.07, 6.45) is 2.53. The Bertz CT molecular complexity index is 202. The molecule has 1 fully saturated rings. The molecule has 0 aromatic carbocycles. The summed E-state index contributed by atoms with van der Waals surface area (Å²) in [5.41, 5.74) is 6.16. The second-order valence-corrected chi connectivity index (χ2v) is 6.35. The number of rotatable bonds is 5. The number of piperazine rings is 1. The molecule has 1 heterocycles. The molecule has 0 amide bonds. The van der Waals surface area contributed by atoms with Crippen LogP contribution in [0.3, 0.4) is 0 Å². The van der Waals surface area contributed by atoms with Crippen molar-refractivity contribution >= 4 is 0 Å². The summed E-state index contributed by atoms with van der Waals surface area (Å²) < 4.78 is 0. The average molecular weight is 241 g/mol. The lowest BCUT2D eigenvalue weighted by Crippen LogP contribution is -2.54. The molecular weight excluding hydrogens is 210 g/mol. The number of nitrogens with two attached hydrogens (primary N) is 1. The average Bonchev–Trinajstić information content (AvgIpc) is 2.28. The summed E-state index contributed by atoms with van der Waals surface area (Å²) in [7, 11) is 0. The van der Waals surface area contributed by atoms with Crippen LogP contribution in [0.4, 0.5) is 0 Å². The van der Waals surface area contributed by atoms with Gasteiger partial charge in [-0.2, -0.15) is 0 Å². The van der Waals surface area contributed by atoms with Crippen molar-refractivity contribution < 1.29 is 0 Å². The van der Waals surface area contributed by atoms with Crippen molar-refractivity contribution in [2.45, 2.75) is 46.1 Å². The number of hydrogen-bond donors (Lipinski definition) is 1. The van der Waals surface area contributed by atoms with Gasteiger partial charge in [0.1, 0.15) is 0 Å². The van der Waals surface area contributed by atoms with Gasteiger partial charge in [-0.3, -0.25) is 4.90 Å². The Morgan fingerprint density at radius 3 is 2.12 bits per heavy atom. The van der Waals surface area contributed by atoms with Crippen LogP contribution in [0.2, 0.25) is 0 Å². The van der Waals surface area contributed by atoms with E-state index in [0.29, 0.717) is 11.5 Å². The van der Waals surface area contributed by atoms with Gasteiger partial charge >= 0.3 is 0 Å². The van der Waals surface area contributed by atoms with Gasteiger partial charge in [0, 0.05) is 38.3 Å². The summed E-state index contributed by atoms with van der Waals surface area (Å²) in [6, 6.07) is 0. The molecule has 0 aromatic rings. The smallest absolute Gasteiger partial charge is 0.0126 e. The third kappa shape index (κ3) is 4.94. The van der Waals surface area contributed by atoms with Crippen LogP contribution < -0.4 is 5.73 Å². The first-order valence-electron chi connectivity index (χ1n) is 7.14. The van der Waals surface area contributed by atoms with E-state index in [0.717, 1.165) is 6.54 Å². The van der Waals surface area contributed by atoms with Crippen molar-refractivity contribution in [1.29, 1.82) is 0 Å². The van der Waals surface area contributed by atoms with Crippen molar-refractivity contribution in [3.8, 4) is 0 Å². The lowest BCUT2D eigenvalue weighted by atomic mass is 10.0. The Morgan fingerprint density at radius 1 is 1.12 bits per heavy atom. The van der Waals surface area contributed by atoms with Crippen LogP contribution in [0, 0.1) is 5.92 Å². The third-order valence-corrected chi connectivity index (χ3v) is 3.87. The largest absolute Gasteiger partial charge is 0.330 e. The van der Waals surface area contributed by atoms with Crippen LogP contribution >= 0.6 is 0 Å². The van der Waals surface area contributed by atoms with Crippen LogP contribution in [0.15, 0.2) is 0 Å². The Balaban J connectivity index is 2.31. The number of nitrogens with zero attached hydrogens (tertiary/aromatic N) is 2. The fourth-order valence-corrected chi connectivity index (χ4v) is 2.66. The fraction of sp³-hybridized carbons (Fsp3) is 1.00. The molecule has 3 nitrogen and oxygen atoms in total.